The maximum absolute atomic E-state index is 15.0. The molecular weight excluding hydrogens is 839 g/mol. The minimum atomic E-state index is -4.41. The number of nitrogens with zero attached hydrogens (tertiary/aromatic N) is 7. The van der Waals surface area contributed by atoms with E-state index in [0.29, 0.717) is 84.8 Å². The predicted molar refractivity (Wildman–Crippen MR) is 232 cm³/mol. The lowest BCUT2D eigenvalue weighted by Crippen LogP contribution is -2.55. The van der Waals surface area contributed by atoms with Gasteiger partial charge < -0.3 is 25.3 Å². The van der Waals surface area contributed by atoms with E-state index in [1.807, 2.05) is 12.1 Å². The molecule has 2 aromatic heterocycles. The molecule has 0 saturated carbocycles. The Morgan fingerprint density at radius 3 is 2.16 bits per heavy atom. The first-order valence-corrected chi connectivity index (χ1v) is 21.8. The molecule has 0 radical (unpaired) electrons. The highest BCUT2D eigenvalue weighted by molar-refractivity contribution is 8.00. The average Bonchev–Trinajstić information content (AvgIpc) is 3.28. The van der Waals surface area contributed by atoms with Crippen LogP contribution in [0.5, 0.6) is 0 Å². The standard InChI is InChI=1S/C45H47F4N9O4S/c46-37-9-8-30(23-39-34-6-1-2-7-35(34)42(60)53-52-39)22-36(37)43(61)58-20-18-56(19-21-58)40(59)28-55-16-14-54(15-17-55)27-29-10-12-57(13-11-29)44(62)41-38(50)25-32(26-51-41)31-4-3-5-33(24-31)63-45(47,48)49/h1-9,22,24-26,29H,10-21,23,27-28,50H2,(H,53,60). The van der Waals surface area contributed by atoms with Gasteiger partial charge in [0.15, 0.2) is 5.69 Å². The van der Waals surface area contributed by atoms with Gasteiger partial charge in [-0.15, -0.1) is 0 Å². The van der Waals surface area contributed by atoms with Crippen molar-refractivity contribution in [2.75, 3.05) is 84.3 Å². The highest BCUT2D eigenvalue weighted by Gasteiger charge is 2.32. The molecule has 0 bridgehead atoms. The van der Waals surface area contributed by atoms with Crippen molar-refractivity contribution in [3.63, 3.8) is 0 Å². The summed E-state index contributed by atoms with van der Waals surface area (Å²) in [5, 5.41) is 7.92. The van der Waals surface area contributed by atoms with Gasteiger partial charge >= 0.3 is 5.51 Å². The summed E-state index contributed by atoms with van der Waals surface area (Å²) < 4.78 is 53.7. The van der Waals surface area contributed by atoms with Crippen molar-refractivity contribution in [1.82, 2.24) is 39.7 Å². The van der Waals surface area contributed by atoms with Crippen LogP contribution in [0.4, 0.5) is 23.2 Å². The molecule has 3 saturated heterocycles. The van der Waals surface area contributed by atoms with Crippen LogP contribution in [0.1, 0.15) is 44.9 Å². The van der Waals surface area contributed by atoms with Crippen LogP contribution in [0.3, 0.4) is 0 Å². The van der Waals surface area contributed by atoms with Crippen LogP contribution in [0.15, 0.2) is 88.7 Å². The van der Waals surface area contributed by atoms with Gasteiger partial charge in [0.25, 0.3) is 17.4 Å². The number of rotatable bonds is 10. The number of aromatic nitrogens is 3. The minimum absolute atomic E-state index is 0.000369. The summed E-state index contributed by atoms with van der Waals surface area (Å²) in [5.74, 6) is -0.920. The smallest absolute Gasteiger partial charge is 0.397 e. The third kappa shape index (κ3) is 10.5. The number of hydrogen-bond acceptors (Lipinski definition) is 10. The number of carbonyl (C=O) groups excluding carboxylic acids is 3. The van der Waals surface area contributed by atoms with E-state index in [1.165, 1.54) is 36.5 Å². The monoisotopic (exact) mass is 885 g/mol. The highest BCUT2D eigenvalue weighted by atomic mass is 32.2. The maximum Gasteiger partial charge on any atom is 0.446 e. The number of benzene rings is 3. The van der Waals surface area contributed by atoms with Crippen molar-refractivity contribution in [2.24, 2.45) is 5.92 Å². The van der Waals surface area contributed by atoms with Gasteiger partial charge in [-0.2, -0.15) is 18.3 Å². The van der Waals surface area contributed by atoms with Crippen LogP contribution in [0, 0.1) is 11.7 Å². The second-order valence-electron chi connectivity index (χ2n) is 16.3. The number of thioether (sulfide) groups is 1. The fourth-order valence-corrected chi connectivity index (χ4v) is 9.22. The molecule has 3 aromatic carbocycles. The number of H-pyrrole nitrogens is 1. The maximum atomic E-state index is 15.0. The molecule has 18 heteroatoms. The minimum Gasteiger partial charge on any atom is -0.397 e. The molecule has 3 fully saturated rings. The average molecular weight is 886 g/mol. The molecule has 63 heavy (non-hydrogen) atoms. The molecule has 0 atom stereocenters. The van der Waals surface area contributed by atoms with E-state index in [1.54, 1.807) is 45.0 Å². The highest BCUT2D eigenvalue weighted by Crippen LogP contribution is 2.38. The number of halogens is 4. The third-order valence-corrected chi connectivity index (χ3v) is 12.8. The van der Waals surface area contributed by atoms with Crippen molar-refractivity contribution in [3.05, 3.63) is 118 Å². The van der Waals surface area contributed by atoms with Crippen molar-refractivity contribution in [1.29, 1.82) is 0 Å². The van der Waals surface area contributed by atoms with Crippen molar-refractivity contribution in [3.8, 4) is 11.1 Å². The molecular formula is C45H47F4N9O4S. The van der Waals surface area contributed by atoms with E-state index in [4.69, 9.17) is 5.73 Å². The Kier molecular flexibility index (Phi) is 13.1. The molecule has 5 aromatic rings. The quantitative estimate of drug-likeness (QED) is 0.139. The zero-order valence-corrected chi connectivity index (χ0v) is 35.3. The molecule has 3 aliphatic heterocycles. The van der Waals surface area contributed by atoms with Crippen LogP contribution in [-0.4, -0.2) is 141 Å². The molecule has 3 N–H and O–H groups in total. The Bertz CT molecular complexity index is 2550. The molecule has 0 unspecified atom stereocenters. The van der Waals surface area contributed by atoms with Crippen LogP contribution in [0.25, 0.3) is 21.9 Å². The van der Waals surface area contributed by atoms with Crippen molar-refractivity contribution in [2.45, 2.75) is 29.7 Å². The number of likely N-dealkylation sites (tertiary alicyclic amines) is 1. The van der Waals surface area contributed by atoms with Crippen LogP contribution < -0.4 is 11.3 Å². The third-order valence-electron chi connectivity index (χ3n) is 12.1. The largest absolute Gasteiger partial charge is 0.446 e. The number of piperidine rings is 1. The van der Waals surface area contributed by atoms with E-state index in [-0.39, 0.29) is 57.5 Å². The Labute approximate surface area is 365 Å². The fraction of sp³-hybridized carbons (Fsp3) is 0.378. The summed E-state index contributed by atoms with van der Waals surface area (Å²) in [4.78, 5) is 66.5. The van der Waals surface area contributed by atoms with Gasteiger partial charge in [0.1, 0.15) is 5.82 Å². The molecule has 8 rings (SSSR count). The lowest BCUT2D eigenvalue weighted by molar-refractivity contribution is -0.134. The van der Waals surface area contributed by atoms with E-state index in [2.05, 4.69) is 25.0 Å². The first kappa shape index (κ1) is 43.8. The lowest BCUT2D eigenvalue weighted by atomic mass is 9.95. The van der Waals surface area contributed by atoms with Gasteiger partial charge in [-0.1, -0.05) is 36.4 Å². The zero-order valence-electron chi connectivity index (χ0n) is 34.5. The molecule has 0 aliphatic carbocycles. The number of carbonyl (C=O) groups is 3. The number of nitrogen functional groups attached to an aromatic ring is 1. The Hall–Kier alpha value is -5.85. The van der Waals surface area contributed by atoms with Crippen LogP contribution >= 0.6 is 11.8 Å². The summed E-state index contributed by atoms with van der Waals surface area (Å²) in [5.41, 5.74) is 4.15. The molecule has 0 spiro atoms. The van der Waals surface area contributed by atoms with Crippen molar-refractivity contribution >= 4 is 45.9 Å². The van der Waals surface area contributed by atoms with Gasteiger partial charge in [-0.05, 0) is 78.0 Å². The Morgan fingerprint density at radius 1 is 0.762 bits per heavy atom. The summed E-state index contributed by atoms with van der Waals surface area (Å²) >= 11 is -0.195. The molecule has 3 amide bonds. The number of pyridine rings is 1. The topological polar surface area (TPSA) is 152 Å². The van der Waals surface area contributed by atoms with Gasteiger partial charge in [-0.25, -0.2) is 14.5 Å². The number of amides is 3. The first-order chi connectivity index (χ1) is 30.3. The second kappa shape index (κ2) is 18.9. The van der Waals surface area contributed by atoms with E-state index in [0.717, 1.165) is 45.6 Å². The number of alkyl halides is 3. The molecule has 5 heterocycles. The van der Waals surface area contributed by atoms with Crippen LogP contribution in [-0.2, 0) is 11.2 Å². The predicted octanol–water partition coefficient (Wildman–Crippen LogP) is 5.36. The normalized spacial score (nSPS) is 17.0. The van der Waals surface area contributed by atoms with Gasteiger partial charge in [0.2, 0.25) is 5.91 Å². The summed E-state index contributed by atoms with van der Waals surface area (Å²) in [7, 11) is 0. The van der Waals surface area contributed by atoms with Crippen molar-refractivity contribution < 1.29 is 31.9 Å². The second-order valence-corrected chi connectivity index (χ2v) is 17.4. The number of nitrogens with two attached hydrogens (primary N) is 1. The van der Waals surface area contributed by atoms with Gasteiger partial charge in [0.05, 0.1) is 28.9 Å². The van der Waals surface area contributed by atoms with E-state index < -0.39 is 17.2 Å². The SMILES string of the molecule is Nc1cc(-c2cccc(SC(F)(F)F)c2)cnc1C(=O)N1CCC(CN2CCN(CC(=O)N3CCN(C(=O)c4cc(Cc5n[nH]c(=O)c6ccccc56)ccc4F)CC3)CC2)CC1. The summed E-state index contributed by atoms with van der Waals surface area (Å²) in [6.07, 6.45) is 3.41. The number of anilines is 1. The fourth-order valence-electron chi connectivity index (χ4n) is 8.62. The van der Waals surface area contributed by atoms with Gasteiger partial charge in [0, 0.05) is 100 Å². The number of aromatic amines is 1. The summed E-state index contributed by atoms with van der Waals surface area (Å²) in [6.45, 7) is 6.72. The molecule has 3 aliphatic rings. The van der Waals surface area contributed by atoms with E-state index in [9.17, 15) is 32.3 Å². The lowest BCUT2D eigenvalue weighted by Gasteiger charge is -2.40. The molecule has 330 valence electrons. The number of hydrogen-bond donors (Lipinski definition) is 2. The number of nitrogens with one attached hydrogen (secondary N) is 1. The zero-order chi connectivity index (χ0) is 44.3. The Balaban J connectivity index is 0.754. The first-order valence-electron chi connectivity index (χ1n) is 21.0. The Morgan fingerprint density at radius 2 is 1.44 bits per heavy atom. The van der Waals surface area contributed by atoms with Gasteiger partial charge in [-0.3, -0.25) is 24.1 Å². The van der Waals surface area contributed by atoms with Crippen LogP contribution in [0.2, 0.25) is 0 Å². The molecule has 13 nitrogen and oxygen atoms in total. The number of fused-ring (bicyclic) bond motifs is 1. The summed E-state index contributed by atoms with van der Waals surface area (Å²) in [6, 6.07) is 19.1. The number of piperazine rings is 2. The van der Waals surface area contributed by atoms with E-state index >= 15 is 4.39 Å².